The topological polar surface area (TPSA) is 103 Å². The Bertz CT molecular complexity index is 1520. The van der Waals surface area contributed by atoms with Crippen LogP contribution in [-0.2, 0) is 11.3 Å². The van der Waals surface area contributed by atoms with Gasteiger partial charge in [0.05, 0.1) is 18.2 Å². The Morgan fingerprint density at radius 1 is 0.917 bits per heavy atom. The van der Waals surface area contributed by atoms with Gasteiger partial charge in [-0.05, 0) is 18.2 Å². The number of nitrogens with zero attached hydrogens (tertiary/aromatic N) is 5. The van der Waals surface area contributed by atoms with Crippen molar-refractivity contribution >= 4 is 22.7 Å². The predicted molar refractivity (Wildman–Crippen MR) is 134 cm³/mol. The first kappa shape index (κ1) is 22.7. The number of ether oxygens (including phenoxy) is 1. The molecule has 0 aliphatic heterocycles. The van der Waals surface area contributed by atoms with Crippen LogP contribution in [0, 0.1) is 11.3 Å². The SMILES string of the molecule is N#CCCn1cc(C(=O)COC(=O)c2nc(-c3ccccc3)n(-c3ccccc3)n2)c2ccccc21. The molecular formula is C28H21N5O3. The number of ketones is 1. The molecule has 8 nitrogen and oxygen atoms in total. The minimum atomic E-state index is -0.788. The van der Waals surface area contributed by atoms with Crippen LogP contribution in [0.25, 0.3) is 28.0 Å². The minimum absolute atomic E-state index is 0.137. The highest BCUT2D eigenvalue weighted by Crippen LogP contribution is 2.23. The maximum absolute atomic E-state index is 13.0. The number of benzene rings is 3. The van der Waals surface area contributed by atoms with E-state index in [0.29, 0.717) is 24.4 Å². The summed E-state index contributed by atoms with van der Waals surface area (Å²) in [6.07, 6.45) is 2.02. The normalized spacial score (nSPS) is 10.8. The van der Waals surface area contributed by atoms with E-state index < -0.39 is 12.6 Å². The maximum atomic E-state index is 13.0. The molecule has 0 unspecified atom stereocenters. The number of para-hydroxylation sites is 2. The number of rotatable bonds is 8. The molecule has 0 amide bonds. The van der Waals surface area contributed by atoms with Gasteiger partial charge in [-0.15, -0.1) is 5.10 Å². The second-order valence-electron chi connectivity index (χ2n) is 8.03. The molecule has 36 heavy (non-hydrogen) atoms. The Morgan fingerprint density at radius 2 is 1.61 bits per heavy atom. The standard InChI is InChI=1S/C28H21N5O3/c29-16-9-17-32-18-23(22-14-7-8-15-24(22)32)25(34)19-36-28(35)26-30-27(20-10-3-1-4-11-20)33(31-26)21-12-5-2-6-13-21/h1-8,10-15,18H,9,17,19H2. The fraction of sp³-hybridized carbons (Fsp3) is 0.107. The predicted octanol–water partition coefficient (Wildman–Crippen LogP) is 4.84. The first-order valence-corrected chi connectivity index (χ1v) is 11.4. The molecule has 0 bridgehead atoms. The number of Topliss-reactive ketones (excluding diaryl/α,β-unsaturated/α-hetero) is 1. The van der Waals surface area contributed by atoms with Crippen molar-refractivity contribution in [1.82, 2.24) is 19.3 Å². The first-order chi connectivity index (χ1) is 17.7. The number of aryl methyl sites for hydroxylation is 1. The lowest BCUT2D eigenvalue weighted by molar-refractivity contribution is 0.0463. The molecule has 8 heteroatoms. The monoisotopic (exact) mass is 475 g/mol. The summed E-state index contributed by atoms with van der Waals surface area (Å²) in [6.45, 7) is 0.0127. The van der Waals surface area contributed by atoms with Crippen molar-refractivity contribution in [2.24, 2.45) is 0 Å². The number of fused-ring (bicyclic) bond motifs is 1. The molecule has 0 saturated heterocycles. The molecule has 0 aliphatic rings. The summed E-state index contributed by atoms with van der Waals surface area (Å²) in [7, 11) is 0. The van der Waals surface area contributed by atoms with Crippen LogP contribution >= 0.6 is 0 Å². The van der Waals surface area contributed by atoms with Crippen LogP contribution in [0.2, 0.25) is 0 Å². The number of aromatic nitrogens is 4. The smallest absolute Gasteiger partial charge is 0.378 e. The van der Waals surface area contributed by atoms with Crippen LogP contribution in [-0.4, -0.2) is 37.7 Å². The number of hydrogen-bond donors (Lipinski definition) is 0. The summed E-state index contributed by atoms with van der Waals surface area (Å²) >= 11 is 0. The van der Waals surface area contributed by atoms with Crippen molar-refractivity contribution < 1.29 is 14.3 Å². The zero-order valence-corrected chi connectivity index (χ0v) is 19.2. The van der Waals surface area contributed by atoms with Crippen LogP contribution < -0.4 is 0 Å². The van der Waals surface area contributed by atoms with E-state index >= 15 is 0 Å². The fourth-order valence-corrected chi connectivity index (χ4v) is 4.02. The van der Waals surface area contributed by atoms with Gasteiger partial charge in [0.15, 0.2) is 12.4 Å². The van der Waals surface area contributed by atoms with Crippen molar-refractivity contribution in [3.63, 3.8) is 0 Å². The number of hydrogen-bond acceptors (Lipinski definition) is 6. The van der Waals surface area contributed by atoms with Crippen molar-refractivity contribution in [3.05, 3.63) is 103 Å². The maximum Gasteiger partial charge on any atom is 0.378 e. The average molecular weight is 476 g/mol. The molecule has 0 fully saturated rings. The number of nitriles is 1. The Labute approximate surface area is 207 Å². The van der Waals surface area contributed by atoms with Gasteiger partial charge in [-0.3, -0.25) is 4.79 Å². The number of esters is 1. The molecule has 5 rings (SSSR count). The summed E-state index contributed by atoms with van der Waals surface area (Å²) in [6, 6.07) is 28.3. The van der Waals surface area contributed by atoms with E-state index in [-0.39, 0.29) is 11.6 Å². The summed E-state index contributed by atoms with van der Waals surface area (Å²) in [4.78, 5) is 30.3. The summed E-state index contributed by atoms with van der Waals surface area (Å²) < 4.78 is 8.78. The van der Waals surface area contributed by atoms with E-state index in [9.17, 15) is 9.59 Å². The van der Waals surface area contributed by atoms with E-state index in [1.807, 2.05) is 89.5 Å². The van der Waals surface area contributed by atoms with Gasteiger partial charge < -0.3 is 9.30 Å². The highest BCUT2D eigenvalue weighted by molar-refractivity contribution is 6.09. The Kier molecular flexibility index (Phi) is 6.36. The van der Waals surface area contributed by atoms with Gasteiger partial charge >= 0.3 is 5.97 Å². The van der Waals surface area contributed by atoms with Crippen molar-refractivity contribution in [1.29, 1.82) is 5.26 Å². The summed E-state index contributed by atoms with van der Waals surface area (Å²) in [5.41, 5.74) is 2.81. The van der Waals surface area contributed by atoms with E-state index in [1.165, 1.54) is 0 Å². The molecule has 3 aromatic carbocycles. The van der Waals surface area contributed by atoms with Gasteiger partial charge in [-0.2, -0.15) is 5.26 Å². The van der Waals surface area contributed by atoms with E-state index in [1.54, 1.807) is 10.9 Å². The van der Waals surface area contributed by atoms with Crippen molar-refractivity contribution in [2.75, 3.05) is 6.61 Å². The Hall–Kier alpha value is -5.03. The third kappa shape index (κ3) is 4.50. The van der Waals surface area contributed by atoms with Gasteiger partial charge in [0.2, 0.25) is 5.78 Å². The molecule has 5 aromatic rings. The molecule has 0 atom stereocenters. The van der Waals surface area contributed by atoms with Gasteiger partial charge in [-0.25, -0.2) is 14.5 Å². The van der Waals surface area contributed by atoms with E-state index in [4.69, 9.17) is 10.00 Å². The van der Waals surface area contributed by atoms with Crippen molar-refractivity contribution in [2.45, 2.75) is 13.0 Å². The molecule has 0 aliphatic carbocycles. The molecule has 0 saturated carbocycles. The molecule has 2 heterocycles. The molecule has 0 radical (unpaired) electrons. The number of carbonyl (C=O) groups excluding carboxylic acids is 2. The van der Waals surface area contributed by atoms with Crippen LogP contribution in [0.3, 0.4) is 0 Å². The van der Waals surface area contributed by atoms with Crippen LogP contribution in [0.4, 0.5) is 0 Å². The third-order valence-corrected chi connectivity index (χ3v) is 5.71. The van der Waals surface area contributed by atoms with Gasteiger partial charge in [-0.1, -0.05) is 66.7 Å². The minimum Gasteiger partial charge on any atom is -0.451 e. The summed E-state index contributed by atoms with van der Waals surface area (Å²) in [5, 5.41) is 14.1. The molecule has 2 aromatic heterocycles. The van der Waals surface area contributed by atoms with Crippen LogP contribution in [0.15, 0.2) is 91.1 Å². The number of carbonyl (C=O) groups is 2. The zero-order chi connectivity index (χ0) is 24.9. The van der Waals surface area contributed by atoms with Gasteiger partial charge in [0, 0.05) is 34.8 Å². The Morgan fingerprint density at radius 3 is 2.36 bits per heavy atom. The zero-order valence-electron chi connectivity index (χ0n) is 19.2. The molecule has 0 N–H and O–H groups in total. The Balaban J connectivity index is 1.39. The third-order valence-electron chi connectivity index (χ3n) is 5.71. The van der Waals surface area contributed by atoms with Crippen LogP contribution in [0.5, 0.6) is 0 Å². The van der Waals surface area contributed by atoms with Crippen molar-refractivity contribution in [3.8, 4) is 23.1 Å². The van der Waals surface area contributed by atoms with Gasteiger partial charge in [0.1, 0.15) is 0 Å². The van der Waals surface area contributed by atoms with Gasteiger partial charge in [0.25, 0.3) is 5.82 Å². The average Bonchev–Trinajstić information content (AvgIpc) is 3.54. The van der Waals surface area contributed by atoms with E-state index in [2.05, 4.69) is 16.2 Å². The second-order valence-corrected chi connectivity index (χ2v) is 8.03. The highest BCUT2D eigenvalue weighted by Gasteiger charge is 2.22. The quantitative estimate of drug-likeness (QED) is 0.235. The summed E-state index contributed by atoms with van der Waals surface area (Å²) in [5.74, 6) is -0.785. The lowest BCUT2D eigenvalue weighted by Crippen LogP contribution is -2.15. The van der Waals surface area contributed by atoms with E-state index in [0.717, 1.165) is 22.2 Å². The molecule has 176 valence electrons. The highest BCUT2D eigenvalue weighted by atomic mass is 16.5. The lowest BCUT2D eigenvalue weighted by atomic mass is 10.1. The largest absolute Gasteiger partial charge is 0.451 e. The fourth-order valence-electron chi connectivity index (χ4n) is 4.02. The second kappa shape index (κ2) is 10.1. The lowest BCUT2D eigenvalue weighted by Gasteiger charge is -2.05. The van der Waals surface area contributed by atoms with Crippen LogP contribution in [0.1, 0.15) is 27.4 Å². The molecular weight excluding hydrogens is 454 g/mol. The first-order valence-electron chi connectivity index (χ1n) is 11.4. The molecule has 0 spiro atoms.